The van der Waals surface area contributed by atoms with E-state index in [1.807, 2.05) is 12.2 Å². The van der Waals surface area contributed by atoms with Gasteiger partial charge in [-0.3, -0.25) is 4.79 Å². The van der Waals surface area contributed by atoms with Crippen molar-refractivity contribution >= 4 is 5.91 Å². The molecule has 0 bridgehead atoms. The molecular weight excluding hydrogens is 330 g/mol. The molecule has 3 aliphatic rings. The van der Waals surface area contributed by atoms with Crippen LogP contribution in [0.4, 0.5) is 0 Å². The summed E-state index contributed by atoms with van der Waals surface area (Å²) in [4.78, 5) is 13.9. The zero-order valence-electron chi connectivity index (χ0n) is 16.2. The van der Waals surface area contributed by atoms with Gasteiger partial charge in [0.05, 0.1) is 19.3 Å². The first-order valence-corrected chi connectivity index (χ1v) is 9.94. The van der Waals surface area contributed by atoms with Gasteiger partial charge < -0.3 is 19.8 Å². The first-order chi connectivity index (χ1) is 12.4. The lowest BCUT2D eigenvalue weighted by Gasteiger charge is -2.20. The quantitative estimate of drug-likeness (QED) is 0.447. The van der Waals surface area contributed by atoms with Gasteiger partial charge in [0.25, 0.3) is 5.91 Å². The van der Waals surface area contributed by atoms with Crippen molar-refractivity contribution in [2.24, 2.45) is 23.7 Å². The minimum absolute atomic E-state index is 0.0566. The van der Waals surface area contributed by atoms with Gasteiger partial charge in [-0.05, 0) is 55.4 Å². The maximum atomic E-state index is 12.3. The van der Waals surface area contributed by atoms with Crippen molar-refractivity contribution in [3.05, 3.63) is 23.5 Å². The number of carbonyl (C=O) groups is 1. The van der Waals surface area contributed by atoms with E-state index in [0.717, 1.165) is 37.7 Å². The maximum absolute atomic E-state index is 12.3. The SMILES string of the molecule is COC(C(=O)N(C)C)=C1C[C@H]2C[C@@H](O)[C@H](C=C[C@@H](O)C3CCCC3)[C@H]2C1. The number of fused-ring (bicyclic) bond motifs is 1. The summed E-state index contributed by atoms with van der Waals surface area (Å²) in [5.74, 6) is 1.52. The summed E-state index contributed by atoms with van der Waals surface area (Å²) in [6.07, 6.45) is 10.2. The number of nitrogens with zero attached hydrogens (tertiary/aromatic N) is 1. The molecule has 0 aliphatic heterocycles. The first kappa shape index (κ1) is 19.4. The molecule has 0 heterocycles. The second kappa shape index (κ2) is 8.13. The molecule has 5 atom stereocenters. The van der Waals surface area contributed by atoms with Crippen molar-refractivity contribution in [1.82, 2.24) is 4.90 Å². The Kier molecular flexibility index (Phi) is 6.08. The number of allylic oxidation sites excluding steroid dienone is 1. The zero-order valence-corrected chi connectivity index (χ0v) is 16.2. The molecular formula is C21H33NO4. The largest absolute Gasteiger partial charge is 0.491 e. The van der Waals surface area contributed by atoms with E-state index in [-0.39, 0.29) is 17.9 Å². The summed E-state index contributed by atoms with van der Waals surface area (Å²) in [7, 11) is 5.02. The average molecular weight is 363 g/mol. The predicted molar refractivity (Wildman–Crippen MR) is 100 cm³/mol. The van der Waals surface area contributed by atoms with E-state index in [0.29, 0.717) is 23.5 Å². The average Bonchev–Trinajstić information content (AvgIpc) is 3.30. The summed E-state index contributed by atoms with van der Waals surface area (Å²) in [5.41, 5.74) is 1.07. The third-order valence-corrected chi connectivity index (χ3v) is 6.62. The van der Waals surface area contributed by atoms with Crippen LogP contribution in [-0.4, -0.2) is 54.4 Å². The van der Waals surface area contributed by atoms with Crippen LogP contribution in [0, 0.1) is 23.7 Å². The second-order valence-electron chi connectivity index (χ2n) is 8.47. The predicted octanol–water partition coefficient (Wildman–Crippen LogP) is 2.49. The molecule has 0 aromatic carbocycles. The molecule has 5 nitrogen and oxygen atoms in total. The summed E-state index contributed by atoms with van der Waals surface area (Å²) in [6, 6.07) is 0. The Balaban J connectivity index is 1.71. The second-order valence-corrected chi connectivity index (χ2v) is 8.47. The summed E-state index contributed by atoms with van der Waals surface area (Å²) in [5, 5.41) is 20.9. The molecule has 0 spiro atoms. The molecule has 5 heteroatoms. The number of likely N-dealkylation sites (N-methyl/N-ethyl adjacent to an activating group) is 1. The molecule has 1 amide bonds. The topological polar surface area (TPSA) is 70.0 Å². The number of hydrogen-bond acceptors (Lipinski definition) is 4. The van der Waals surface area contributed by atoms with E-state index in [9.17, 15) is 15.0 Å². The molecule has 2 N–H and O–H groups in total. The molecule has 3 rings (SSSR count). The molecule has 3 aliphatic carbocycles. The van der Waals surface area contributed by atoms with Crippen LogP contribution in [0.15, 0.2) is 23.5 Å². The van der Waals surface area contributed by atoms with Gasteiger partial charge in [-0.1, -0.05) is 25.0 Å². The molecule has 0 aromatic rings. The van der Waals surface area contributed by atoms with Crippen LogP contribution in [0.3, 0.4) is 0 Å². The molecule has 26 heavy (non-hydrogen) atoms. The Morgan fingerprint density at radius 2 is 1.96 bits per heavy atom. The third-order valence-electron chi connectivity index (χ3n) is 6.62. The number of ether oxygens (including phenoxy) is 1. The van der Waals surface area contributed by atoms with Gasteiger partial charge in [-0.2, -0.15) is 0 Å². The van der Waals surface area contributed by atoms with Crippen LogP contribution >= 0.6 is 0 Å². The van der Waals surface area contributed by atoms with E-state index >= 15 is 0 Å². The Morgan fingerprint density at radius 3 is 2.58 bits per heavy atom. The Hall–Kier alpha value is -1.33. The van der Waals surface area contributed by atoms with Gasteiger partial charge in [0, 0.05) is 20.0 Å². The number of rotatable bonds is 5. The molecule has 3 saturated carbocycles. The highest BCUT2D eigenvalue weighted by molar-refractivity contribution is 5.91. The number of aliphatic hydroxyl groups is 2. The fourth-order valence-electron chi connectivity index (χ4n) is 5.20. The zero-order chi connectivity index (χ0) is 18.8. The number of hydrogen-bond donors (Lipinski definition) is 2. The number of carbonyl (C=O) groups excluding carboxylic acids is 1. The maximum Gasteiger partial charge on any atom is 0.288 e. The monoisotopic (exact) mass is 363 g/mol. The summed E-state index contributed by atoms with van der Waals surface area (Å²) < 4.78 is 5.42. The highest BCUT2D eigenvalue weighted by atomic mass is 16.5. The van der Waals surface area contributed by atoms with Crippen LogP contribution in [-0.2, 0) is 9.53 Å². The van der Waals surface area contributed by atoms with Gasteiger partial charge in [0.1, 0.15) is 0 Å². The first-order valence-electron chi connectivity index (χ1n) is 9.94. The fourth-order valence-corrected chi connectivity index (χ4v) is 5.20. The Bertz CT molecular complexity index is 577. The van der Waals surface area contributed by atoms with Gasteiger partial charge in [0.2, 0.25) is 0 Å². The standard InChI is InChI=1S/C21H33NO4/c1-22(2)21(25)20(26-3)15-10-14-12-19(24)16(17(14)11-15)8-9-18(23)13-6-4-5-7-13/h8-9,13-14,16-19,23-24H,4-7,10-12H2,1-3H3/t14-,16+,17-,18+,19+/m0/s1. The lowest BCUT2D eigenvalue weighted by molar-refractivity contribution is -0.128. The number of amides is 1. The van der Waals surface area contributed by atoms with Crippen LogP contribution < -0.4 is 0 Å². The van der Waals surface area contributed by atoms with Crippen molar-refractivity contribution in [2.75, 3.05) is 21.2 Å². The van der Waals surface area contributed by atoms with Crippen LogP contribution in [0.1, 0.15) is 44.9 Å². The van der Waals surface area contributed by atoms with Crippen LogP contribution in [0.25, 0.3) is 0 Å². The summed E-state index contributed by atoms with van der Waals surface area (Å²) >= 11 is 0. The van der Waals surface area contributed by atoms with Gasteiger partial charge in [-0.15, -0.1) is 0 Å². The lowest BCUT2D eigenvalue weighted by atomic mass is 9.89. The highest BCUT2D eigenvalue weighted by Gasteiger charge is 2.46. The van der Waals surface area contributed by atoms with E-state index in [4.69, 9.17) is 4.74 Å². The smallest absolute Gasteiger partial charge is 0.288 e. The third kappa shape index (κ3) is 3.84. The van der Waals surface area contributed by atoms with Gasteiger partial charge in [0.15, 0.2) is 5.76 Å². The summed E-state index contributed by atoms with van der Waals surface area (Å²) in [6.45, 7) is 0. The van der Waals surface area contributed by atoms with Gasteiger partial charge >= 0.3 is 0 Å². The molecule has 0 radical (unpaired) electrons. The Morgan fingerprint density at radius 1 is 1.27 bits per heavy atom. The highest BCUT2D eigenvalue weighted by Crippen LogP contribution is 2.51. The number of methoxy groups -OCH3 is 1. The van der Waals surface area contributed by atoms with Crippen LogP contribution in [0.2, 0.25) is 0 Å². The van der Waals surface area contributed by atoms with Crippen molar-refractivity contribution < 1.29 is 19.7 Å². The minimum Gasteiger partial charge on any atom is -0.491 e. The molecule has 0 unspecified atom stereocenters. The van der Waals surface area contributed by atoms with Crippen molar-refractivity contribution in [2.45, 2.75) is 57.2 Å². The van der Waals surface area contributed by atoms with Crippen LogP contribution in [0.5, 0.6) is 0 Å². The number of aliphatic hydroxyl groups excluding tert-OH is 2. The molecule has 0 aromatic heterocycles. The van der Waals surface area contributed by atoms with Crippen molar-refractivity contribution in [3.63, 3.8) is 0 Å². The van der Waals surface area contributed by atoms with E-state index in [1.165, 1.54) is 12.8 Å². The van der Waals surface area contributed by atoms with Gasteiger partial charge in [-0.25, -0.2) is 0 Å². The molecule has 3 fully saturated rings. The van der Waals surface area contributed by atoms with Crippen molar-refractivity contribution in [1.29, 1.82) is 0 Å². The van der Waals surface area contributed by atoms with E-state index in [1.54, 1.807) is 26.1 Å². The minimum atomic E-state index is -0.398. The lowest BCUT2D eigenvalue weighted by Crippen LogP contribution is -2.25. The van der Waals surface area contributed by atoms with Crippen molar-refractivity contribution in [3.8, 4) is 0 Å². The normalized spacial score (nSPS) is 35.0. The van der Waals surface area contributed by atoms with E-state index in [2.05, 4.69) is 0 Å². The van der Waals surface area contributed by atoms with E-state index < -0.39 is 6.10 Å². The fraction of sp³-hybridized carbons (Fsp3) is 0.762. The molecule has 146 valence electrons. The Labute approximate surface area is 156 Å². The molecule has 0 saturated heterocycles.